The molecule has 2 rings (SSSR count). The number of hydrogen-bond acceptors (Lipinski definition) is 5. The van der Waals surface area contributed by atoms with Gasteiger partial charge in [-0.15, -0.1) is 0 Å². The summed E-state index contributed by atoms with van der Waals surface area (Å²) in [5, 5.41) is 11.4. The molecule has 1 aromatic carbocycles. The van der Waals surface area contributed by atoms with Crippen LogP contribution in [0.1, 0.15) is 19.4 Å². The predicted molar refractivity (Wildman–Crippen MR) is 80.2 cm³/mol. The summed E-state index contributed by atoms with van der Waals surface area (Å²) in [5.41, 5.74) is 0.809. The van der Waals surface area contributed by atoms with Crippen LogP contribution in [0.2, 0.25) is 0 Å². The van der Waals surface area contributed by atoms with E-state index in [0.29, 0.717) is 18.7 Å². The van der Waals surface area contributed by atoms with Gasteiger partial charge < -0.3 is 15.0 Å². The number of carbonyl (C=O) groups excluding carboxylic acids is 3. The molecule has 0 spiro atoms. The number of benzene rings is 1. The number of esters is 1. The minimum Gasteiger partial charge on any atom is -0.427 e. The van der Waals surface area contributed by atoms with Gasteiger partial charge in [0.25, 0.3) is 0 Å². The molecule has 0 aliphatic carbocycles. The fraction of sp³-hybridized carbons (Fsp3) is 0.375. The van der Waals surface area contributed by atoms with Crippen molar-refractivity contribution in [2.45, 2.75) is 32.4 Å². The van der Waals surface area contributed by atoms with E-state index >= 15 is 0 Å². The van der Waals surface area contributed by atoms with E-state index in [1.165, 1.54) is 18.7 Å². The van der Waals surface area contributed by atoms with Crippen LogP contribution >= 0.6 is 0 Å². The van der Waals surface area contributed by atoms with E-state index in [0.717, 1.165) is 5.56 Å². The molecule has 2 unspecified atom stereocenters. The number of ether oxygens (including phenoxy) is 1. The van der Waals surface area contributed by atoms with Crippen molar-refractivity contribution < 1.29 is 19.1 Å². The maximum absolute atomic E-state index is 12.3. The Labute approximate surface area is 133 Å². The van der Waals surface area contributed by atoms with Gasteiger partial charge in [-0.3, -0.25) is 14.4 Å². The Hall–Kier alpha value is -2.88. The number of carbonyl (C=O) groups is 3. The van der Waals surface area contributed by atoms with Crippen molar-refractivity contribution in [3.63, 3.8) is 0 Å². The van der Waals surface area contributed by atoms with Gasteiger partial charge in [0.15, 0.2) is 0 Å². The normalized spacial score (nSPS) is 16.9. The summed E-state index contributed by atoms with van der Waals surface area (Å²) in [6.07, 6.45) is 0.299. The van der Waals surface area contributed by atoms with Crippen LogP contribution < -0.4 is 10.1 Å². The summed E-state index contributed by atoms with van der Waals surface area (Å²) in [6, 6.07) is 7.60. The molecule has 1 heterocycles. The zero-order valence-corrected chi connectivity index (χ0v) is 12.9. The Morgan fingerprint density at radius 1 is 1.35 bits per heavy atom. The predicted octanol–water partition coefficient (Wildman–Crippen LogP) is 0.393. The first-order chi connectivity index (χ1) is 10.9. The van der Waals surface area contributed by atoms with Gasteiger partial charge in [-0.05, 0) is 17.7 Å². The first-order valence-corrected chi connectivity index (χ1v) is 7.15. The maximum Gasteiger partial charge on any atom is 0.308 e. The molecule has 1 aliphatic rings. The quantitative estimate of drug-likeness (QED) is 0.481. The molecule has 2 atom stereocenters. The van der Waals surface area contributed by atoms with Crippen LogP contribution in [0.5, 0.6) is 5.75 Å². The standard InChI is InChI=1S/C16H17N3O4/c1-10(20)18-15(16(22)19-9-13(19)8-17)7-12-3-5-14(6-4-12)23-11(2)21/h3-6,13,15H,7,9H2,1-2H3,(H,18,20). The van der Waals surface area contributed by atoms with Gasteiger partial charge in [0.2, 0.25) is 11.8 Å². The first kappa shape index (κ1) is 16.5. The third kappa shape index (κ3) is 4.54. The summed E-state index contributed by atoms with van der Waals surface area (Å²) >= 11 is 0. The van der Waals surface area contributed by atoms with Crippen LogP contribution in [0.3, 0.4) is 0 Å². The number of rotatable bonds is 5. The van der Waals surface area contributed by atoms with Crippen molar-refractivity contribution in [3.05, 3.63) is 29.8 Å². The topological polar surface area (TPSA) is 99.3 Å². The Kier molecular flexibility index (Phi) is 4.96. The van der Waals surface area contributed by atoms with Crippen molar-refractivity contribution in [3.8, 4) is 11.8 Å². The second-order valence-electron chi connectivity index (χ2n) is 5.33. The zero-order chi connectivity index (χ0) is 17.0. The van der Waals surface area contributed by atoms with Crippen molar-refractivity contribution in [1.82, 2.24) is 10.2 Å². The van der Waals surface area contributed by atoms with E-state index < -0.39 is 18.1 Å². The third-order valence-electron chi connectivity index (χ3n) is 3.34. The van der Waals surface area contributed by atoms with Crippen LogP contribution in [0.4, 0.5) is 0 Å². The van der Waals surface area contributed by atoms with E-state index in [-0.39, 0.29) is 11.8 Å². The van der Waals surface area contributed by atoms with Gasteiger partial charge >= 0.3 is 5.97 Å². The molecule has 120 valence electrons. The van der Waals surface area contributed by atoms with Crippen molar-refractivity contribution in [2.24, 2.45) is 0 Å². The van der Waals surface area contributed by atoms with Gasteiger partial charge in [0, 0.05) is 20.3 Å². The molecule has 1 aliphatic heterocycles. The summed E-state index contributed by atoms with van der Waals surface area (Å²) in [4.78, 5) is 35.9. The zero-order valence-electron chi connectivity index (χ0n) is 12.9. The molecular weight excluding hydrogens is 298 g/mol. The van der Waals surface area contributed by atoms with Crippen LogP contribution in [-0.2, 0) is 20.8 Å². The molecular formula is C16H17N3O4. The average Bonchev–Trinajstić information content (AvgIpc) is 3.26. The lowest BCUT2D eigenvalue weighted by molar-refractivity contribution is -0.132. The van der Waals surface area contributed by atoms with Crippen molar-refractivity contribution in [1.29, 1.82) is 5.26 Å². The van der Waals surface area contributed by atoms with Gasteiger partial charge in [-0.2, -0.15) is 5.26 Å². The van der Waals surface area contributed by atoms with Crippen LogP contribution in [0, 0.1) is 11.3 Å². The van der Waals surface area contributed by atoms with Crippen LogP contribution in [-0.4, -0.2) is 41.3 Å². The fourth-order valence-electron chi connectivity index (χ4n) is 2.23. The van der Waals surface area contributed by atoms with E-state index in [1.807, 2.05) is 6.07 Å². The Morgan fingerprint density at radius 3 is 2.48 bits per heavy atom. The molecule has 7 heteroatoms. The van der Waals surface area contributed by atoms with Crippen LogP contribution in [0.15, 0.2) is 24.3 Å². The molecule has 23 heavy (non-hydrogen) atoms. The van der Waals surface area contributed by atoms with Gasteiger partial charge in [-0.25, -0.2) is 0 Å². The number of amides is 2. The maximum atomic E-state index is 12.3. The Morgan fingerprint density at radius 2 is 2.00 bits per heavy atom. The highest BCUT2D eigenvalue weighted by Crippen LogP contribution is 2.20. The molecule has 1 fully saturated rings. The molecule has 7 nitrogen and oxygen atoms in total. The fourth-order valence-corrected chi connectivity index (χ4v) is 2.23. The SMILES string of the molecule is CC(=O)NC(Cc1ccc(OC(C)=O)cc1)C(=O)N1CC1C#N. The number of nitrogens with one attached hydrogen (secondary N) is 1. The minimum absolute atomic E-state index is 0.268. The molecule has 2 amide bonds. The number of hydrogen-bond donors (Lipinski definition) is 1. The van der Waals surface area contributed by atoms with Crippen molar-refractivity contribution in [2.75, 3.05) is 6.54 Å². The monoisotopic (exact) mass is 315 g/mol. The lowest BCUT2D eigenvalue weighted by Gasteiger charge is -2.17. The molecule has 0 aromatic heterocycles. The smallest absolute Gasteiger partial charge is 0.308 e. The second kappa shape index (κ2) is 6.92. The van der Waals surface area contributed by atoms with Crippen molar-refractivity contribution >= 4 is 17.8 Å². The van der Waals surface area contributed by atoms with E-state index in [1.54, 1.807) is 24.3 Å². The molecule has 0 saturated carbocycles. The summed E-state index contributed by atoms with van der Waals surface area (Å²) in [5.74, 6) is -0.571. The highest BCUT2D eigenvalue weighted by atomic mass is 16.5. The molecule has 1 N–H and O–H groups in total. The molecule has 0 radical (unpaired) electrons. The first-order valence-electron chi connectivity index (χ1n) is 7.15. The summed E-state index contributed by atoms with van der Waals surface area (Å²) in [6.45, 7) is 3.06. The second-order valence-corrected chi connectivity index (χ2v) is 5.33. The van der Waals surface area contributed by atoms with E-state index in [4.69, 9.17) is 10.00 Å². The molecule has 1 saturated heterocycles. The highest BCUT2D eigenvalue weighted by Gasteiger charge is 2.41. The Bertz CT molecular complexity index is 663. The Balaban J connectivity index is 2.05. The largest absolute Gasteiger partial charge is 0.427 e. The lowest BCUT2D eigenvalue weighted by Crippen LogP contribution is -2.44. The van der Waals surface area contributed by atoms with Crippen LogP contribution in [0.25, 0.3) is 0 Å². The van der Waals surface area contributed by atoms with Gasteiger partial charge in [0.1, 0.15) is 17.8 Å². The van der Waals surface area contributed by atoms with E-state index in [9.17, 15) is 14.4 Å². The molecule has 1 aromatic rings. The minimum atomic E-state index is -0.717. The van der Waals surface area contributed by atoms with E-state index in [2.05, 4.69) is 5.32 Å². The highest BCUT2D eigenvalue weighted by molar-refractivity contribution is 5.89. The lowest BCUT2D eigenvalue weighted by atomic mass is 10.0. The summed E-state index contributed by atoms with van der Waals surface area (Å²) in [7, 11) is 0. The van der Waals surface area contributed by atoms with Gasteiger partial charge in [0.05, 0.1) is 12.6 Å². The van der Waals surface area contributed by atoms with Gasteiger partial charge in [-0.1, -0.05) is 12.1 Å². The molecule has 0 bridgehead atoms. The summed E-state index contributed by atoms with van der Waals surface area (Å²) < 4.78 is 4.94. The third-order valence-corrected chi connectivity index (χ3v) is 3.34. The number of nitriles is 1. The average molecular weight is 315 g/mol. The number of nitrogens with zero attached hydrogens (tertiary/aromatic N) is 2.